The monoisotopic (exact) mass is 511 g/mol. The van der Waals surface area contributed by atoms with E-state index in [2.05, 4.69) is 0 Å². The van der Waals surface area contributed by atoms with Crippen molar-refractivity contribution >= 4 is 46.6 Å². The molecule has 0 saturated carbocycles. The van der Waals surface area contributed by atoms with Gasteiger partial charge in [0.2, 0.25) is 0 Å². The topological polar surface area (TPSA) is 64.4 Å². The number of benzene rings is 3. The second-order valence-electron chi connectivity index (χ2n) is 7.59. The molecule has 0 radical (unpaired) electrons. The van der Waals surface area contributed by atoms with Gasteiger partial charge in [-0.05, 0) is 42.5 Å². The van der Waals surface area contributed by atoms with Crippen molar-refractivity contribution in [3.8, 4) is 22.7 Å². The maximum atomic E-state index is 13.0. The van der Waals surface area contributed by atoms with Crippen molar-refractivity contribution in [2.75, 3.05) is 7.11 Å². The standard InChI is InChI=1S/C25H16Cl3N3O3/c1-34-23-20(13-30-24(32)17-4-2-3-5-18(17)25(30)33)29-31(21-11-10-16(27)12-19(21)28)22(23)14-6-8-15(26)9-7-14/h2-12H,13H2,1H3. The Morgan fingerprint density at radius 2 is 1.47 bits per heavy atom. The molecule has 0 unspecified atom stereocenters. The van der Waals surface area contributed by atoms with Crippen LogP contribution in [0, 0.1) is 0 Å². The van der Waals surface area contributed by atoms with Gasteiger partial charge in [0.15, 0.2) is 5.75 Å². The summed E-state index contributed by atoms with van der Waals surface area (Å²) in [6.07, 6.45) is 0. The zero-order valence-electron chi connectivity index (χ0n) is 17.8. The predicted octanol–water partition coefficient (Wildman–Crippen LogP) is 6.30. The Balaban J connectivity index is 1.66. The van der Waals surface area contributed by atoms with Gasteiger partial charge in [-0.1, -0.05) is 59.1 Å². The molecule has 1 aliphatic rings. The summed E-state index contributed by atoms with van der Waals surface area (Å²) < 4.78 is 7.37. The van der Waals surface area contributed by atoms with E-state index in [1.807, 2.05) is 12.1 Å². The summed E-state index contributed by atoms with van der Waals surface area (Å²) in [5.74, 6) is -0.352. The SMILES string of the molecule is COc1c(CN2C(=O)c3ccccc3C2=O)nn(-c2ccc(Cl)cc2Cl)c1-c1ccc(Cl)cc1. The van der Waals surface area contributed by atoms with Gasteiger partial charge in [-0.3, -0.25) is 14.5 Å². The minimum absolute atomic E-state index is 0.0751. The zero-order chi connectivity index (χ0) is 24.0. The Morgan fingerprint density at radius 1 is 0.853 bits per heavy atom. The summed E-state index contributed by atoms with van der Waals surface area (Å²) in [4.78, 5) is 27.1. The van der Waals surface area contributed by atoms with Crippen molar-refractivity contribution in [3.05, 3.63) is 98.6 Å². The highest BCUT2D eigenvalue weighted by atomic mass is 35.5. The van der Waals surface area contributed by atoms with Crippen LogP contribution in [0.3, 0.4) is 0 Å². The van der Waals surface area contributed by atoms with E-state index < -0.39 is 0 Å². The molecule has 0 bridgehead atoms. The maximum Gasteiger partial charge on any atom is 0.261 e. The third-order valence-electron chi connectivity index (χ3n) is 5.56. The molecule has 1 aromatic heterocycles. The number of amides is 2. The van der Waals surface area contributed by atoms with E-state index in [4.69, 9.17) is 44.6 Å². The Morgan fingerprint density at radius 3 is 2.06 bits per heavy atom. The van der Waals surface area contributed by atoms with Gasteiger partial charge in [-0.15, -0.1) is 0 Å². The van der Waals surface area contributed by atoms with Crippen LogP contribution in [0.2, 0.25) is 15.1 Å². The molecule has 170 valence electrons. The number of methoxy groups -OCH3 is 1. The highest BCUT2D eigenvalue weighted by Crippen LogP contribution is 2.39. The predicted molar refractivity (Wildman–Crippen MR) is 131 cm³/mol. The van der Waals surface area contributed by atoms with Crippen molar-refractivity contribution in [1.29, 1.82) is 0 Å². The van der Waals surface area contributed by atoms with Crippen molar-refractivity contribution in [2.45, 2.75) is 6.54 Å². The molecule has 0 fully saturated rings. The molecule has 0 N–H and O–H groups in total. The lowest BCUT2D eigenvalue weighted by atomic mass is 10.1. The Labute approximate surface area is 210 Å². The van der Waals surface area contributed by atoms with Crippen molar-refractivity contribution in [2.24, 2.45) is 0 Å². The molecule has 0 spiro atoms. The third kappa shape index (κ3) is 3.74. The average molecular weight is 513 g/mol. The molecular formula is C25H16Cl3N3O3. The number of carbonyl (C=O) groups is 2. The minimum atomic E-state index is -0.380. The van der Waals surface area contributed by atoms with Gasteiger partial charge in [0, 0.05) is 15.6 Å². The normalized spacial score (nSPS) is 12.9. The first-order valence-electron chi connectivity index (χ1n) is 10.2. The summed E-state index contributed by atoms with van der Waals surface area (Å²) in [7, 11) is 1.51. The quantitative estimate of drug-likeness (QED) is 0.294. The van der Waals surface area contributed by atoms with Crippen LogP contribution in [0.25, 0.3) is 16.9 Å². The van der Waals surface area contributed by atoms with Crippen molar-refractivity contribution < 1.29 is 14.3 Å². The molecule has 0 aliphatic carbocycles. The zero-order valence-corrected chi connectivity index (χ0v) is 20.0. The van der Waals surface area contributed by atoms with Crippen LogP contribution < -0.4 is 4.74 Å². The lowest BCUT2D eigenvalue weighted by molar-refractivity contribution is 0.0639. The number of imide groups is 1. The van der Waals surface area contributed by atoms with Crippen LogP contribution in [0.5, 0.6) is 5.75 Å². The summed E-state index contributed by atoms with van der Waals surface area (Å²) in [5.41, 5.74) is 3.04. The average Bonchev–Trinajstić information content (AvgIpc) is 3.30. The summed E-state index contributed by atoms with van der Waals surface area (Å²) in [6, 6.07) is 18.9. The molecular weight excluding hydrogens is 497 g/mol. The van der Waals surface area contributed by atoms with Crippen LogP contribution >= 0.6 is 34.8 Å². The number of aromatic nitrogens is 2. The molecule has 34 heavy (non-hydrogen) atoms. The number of carbonyl (C=O) groups excluding carboxylic acids is 2. The molecule has 0 atom stereocenters. The first-order valence-corrected chi connectivity index (χ1v) is 11.3. The lowest BCUT2D eigenvalue weighted by Gasteiger charge is -2.13. The molecule has 2 heterocycles. The molecule has 6 nitrogen and oxygen atoms in total. The summed E-state index contributed by atoms with van der Waals surface area (Å²) in [6.45, 7) is -0.0751. The number of hydrogen-bond donors (Lipinski definition) is 0. The van der Waals surface area contributed by atoms with E-state index in [0.717, 1.165) is 10.5 Å². The third-order valence-corrected chi connectivity index (χ3v) is 6.35. The van der Waals surface area contributed by atoms with E-state index in [1.165, 1.54) is 7.11 Å². The summed E-state index contributed by atoms with van der Waals surface area (Å²) in [5, 5.41) is 6.15. The fourth-order valence-electron chi connectivity index (χ4n) is 3.99. The molecule has 5 rings (SSSR count). The van der Waals surface area contributed by atoms with Crippen molar-refractivity contribution in [1.82, 2.24) is 14.7 Å². The number of nitrogens with zero attached hydrogens (tertiary/aromatic N) is 3. The fourth-order valence-corrected chi connectivity index (χ4v) is 4.60. The van der Waals surface area contributed by atoms with Gasteiger partial charge in [0.25, 0.3) is 11.8 Å². The van der Waals surface area contributed by atoms with Crippen LogP contribution in [0.1, 0.15) is 26.4 Å². The molecule has 0 saturated heterocycles. The Kier molecular flexibility index (Phi) is 5.81. The van der Waals surface area contributed by atoms with Crippen LogP contribution in [0.15, 0.2) is 66.7 Å². The van der Waals surface area contributed by atoms with Gasteiger partial charge in [-0.25, -0.2) is 4.68 Å². The lowest BCUT2D eigenvalue weighted by Crippen LogP contribution is -2.29. The highest BCUT2D eigenvalue weighted by Gasteiger charge is 2.37. The van der Waals surface area contributed by atoms with Crippen LogP contribution in [-0.4, -0.2) is 33.6 Å². The van der Waals surface area contributed by atoms with E-state index in [9.17, 15) is 9.59 Å². The van der Waals surface area contributed by atoms with Gasteiger partial charge in [0.05, 0.1) is 35.5 Å². The molecule has 3 aromatic carbocycles. The molecule has 2 amide bonds. The van der Waals surface area contributed by atoms with Crippen molar-refractivity contribution in [3.63, 3.8) is 0 Å². The molecule has 9 heteroatoms. The van der Waals surface area contributed by atoms with Crippen LogP contribution in [-0.2, 0) is 6.54 Å². The van der Waals surface area contributed by atoms with E-state index in [-0.39, 0.29) is 18.4 Å². The number of ether oxygens (including phenoxy) is 1. The van der Waals surface area contributed by atoms with E-state index in [1.54, 1.807) is 59.3 Å². The van der Waals surface area contributed by atoms with Crippen LogP contribution in [0.4, 0.5) is 0 Å². The number of halogens is 3. The minimum Gasteiger partial charge on any atom is -0.492 e. The number of hydrogen-bond acceptors (Lipinski definition) is 4. The van der Waals surface area contributed by atoms with Gasteiger partial charge < -0.3 is 4.74 Å². The largest absolute Gasteiger partial charge is 0.492 e. The van der Waals surface area contributed by atoms with E-state index >= 15 is 0 Å². The van der Waals surface area contributed by atoms with Gasteiger partial charge >= 0.3 is 0 Å². The first kappa shape index (κ1) is 22.5. The molecule has 4 aromatic rings. The summed E-state index contributed by atoms with van der Waals surface area (Å²) >= 11 is 18.7. The highest BCUT2D eigenvalue weighted by molar-refractivity contribution is 6.35. The second-order valence-corrected chi connectivity index (χ2v) is 8.87. The maximum absolute atomic E-state index is 13.0. The van der Waals surface area contributed by atoms with Gasteiger partial charge in [-0.2, -0.15) is 5.10 Å². The number of rotatable bonds is 5. The smallest absolute Gasteiger partial charge is 0.261 e. The first-order chi connectivity index (χ1) is 16.4. The second kappa shape index (κ2) is 8.80. The van der Waals surface area contributed by atoms with E-state index in [0.29, 0.717) is 49.0 Å². The fraction of sp³-hybridized carbons (Fsp3) is 0.0800. The Hall–Kier alpha value is -3.32. The Bertz CT molecular complexity index is 1410. The molecule has 1 aliphatic heterocycles. The van der Waals surface area contributed by atoms with Gasteiger partial charge in [0.1, 0.15) is 11.4 Å². The number of fused-ring (bicyclic) bond motifs is 1.